The molecule has 2 N–H and O–H groups in total. The molecule has 0 unspecified atom stereocenters. The molecule has 0 amide bonds. The summed E-state index contributed by atoms with van der Waals surface area (Å²) in [7, 11) is 0. The zero-order valence-electron chi connectivity index (χ0n) is 15.0. The van der Waals surface area contributed by atoms with Crippen LogP contribution in [0.3, 0.4) is 0 Å². The molecule has 0 atom stereocenters. The zero-order valence-corrected chi connectivity index (χ0v) is 15.8. The van der Waals surface area contributed by atoms with Crippen LogP contribution in [0.15, 0.2) is 43.0 Å². The van der Waals surface area contributed by atoms with Crippen LogP contribution in [0.5, 0.6) is 0 Å². The summed E-state index contributed by atoms with van der Waals surface area (Å²) in [4.78, 5) is 19.0. The Kier molecular flexibility index (Phi) is 4.97. The minimum absolute atomic E-state index is 0.118. The van der Waals surface area contributed by atoms with Gasteiger partial charge >= 0.3 is 6.18 Å². The van der Waals surface area contributed by atoms with Crippen molar-refractivity contribution < 1.29 is 13.2 Å². The molecular formula is C19H11ClF3N7. The second kappa shape index (κ2) is 7.61. The second-order valence-electron chi connectivity index (χ2n) is 6.23. The number of nitrogens with zero attached hydrogens (tertiary/aromatic N) is 5. The molecule has 0 fully saturated rings. The molecule has 4 heterocycles. The zero-order chi connectivity index (χ0) is 21.3. The van der Waals surface area contributed by atoms with Crippen molar-refractivity contribution in [2.45, 2.75) is 12.7 Å². The Morgan fingerprint density at radius 3 is 2.67 bits per heavy atom. The van der Waals surface area contributed by atoms with Crippen LogP contribution in [-0.4, -0.2) is 24.9 Å². The molecule has 0 spiro atoms. The van der Waals surface area contributed by atoms with Crippen molar-refractivity contribution in [3.8, 4) is 17.3 Å². The smallest absolute Gasteiger partial charge is 0.350 e. The maximum Gasteiger partial charge on any atom is 0.417 e. The van der Waals surface area contributed by atoms with Gasteiger partial charge < -0.3 is 10.3 Å². The van der Waals surface area contributed by atoms with Crippen LogP contribution in [0.4, 0.5) is 19.1 Å². The van der Waals surface area contributed by atoms with Gasteiger partial charge in [-0.25, -0.2) is 19.9 Å². The summed E-state index contributed by atoms with van der Waals surface area (Å²) in [5.74, 6) is 0.202. The molecule has 11 heteroatoms. The average Bonchev–Trinajstić information content (AvgIpc) is 3.15. The summed E-state index contributed by atoms with van der Waals surface area (Å²) in [6, 6.07) is 6.36. The van der Waals surface area contributed by atoms with Gasteiger partial charge in [-0.05, 0) is 17.7 Å². The molecule has 4 rings (SSSR count). The lowest BCUT2D eigenvalue weighted by molar-refractivity contribution is -0.137. The first-order valence-electron chi connectivity index (χ1n) is 8.51. The molecule has 30 heavy (non-hydrogen) atoms. The van der Waals surface area contributed by atoms with E-state index in [-0.39, 0.29) is 28.2 Å². The molecule has 4 aromatic heterocycles. The molecular weight excluding hydrogens is 419 g/mol. The van der Waals surface area contributed by atoms with Crippen molar-refractivity contribution in [1.82, 2.24) is 24.9 Å². The van der Waals surface area contributed by atoms with Gasteiger partial charge in [-0.15, -0.1) is 0 Å². The van der Waals surface area contributed by atoms with Gasteiger partial charge in [0.05, 0.1) is 23.0 Å². The summed E-state index contributed by atoms with van der Waals surface area (Å²) in [6.45, 7) is 0.336. The average molecular weight is 430 g/mol. The highest BCUT2D eigenvalue weighted by atomic mass is 35.5. The molecule has 0 aliphatic rings. The third-order valence-corrected chi connectivity index (χ3v) is 4.49. The molecule has 0 aliphatic carbocycles. The monoisotopic (exact) mass is 429 g/mol. The number of alkyl halides is 3. The second-order valence-corrected chi connectivity index (χ2v) is 6.62. The number of rotatable bonds is 4. The van der Waals surface area contributed by atoms with Crippen molar-refractivity contribution in [1.29, 1.82) is 5.26 Å². The fourth-order valence-electron chi connectivity index (χ4n) is 2.80. The van der Waals surface area contributed by atoms with E-state index in [0.29, 0.717) is 17.3 Å². The molecule has 0 aliphatic heterocycles. The third-order valence-electron chi connectivity index (χ3n) is 4.26. The topological polar surface area (TPSA) is 103 Å². The number of hydrogen-bond acceptors (Lipinski definition) is 6. The van der Waals surface area contributed by atoms with Crippen LogP contribution in [0.1, 0.15) is 16.7 Å². The molecule has 0 bridgehead atoms. The van der Waals surface area contributed by atoms with Crippen molar-refractivity contribution in [2.24, 2.45) is 0 Å². The fourth-order valence-corrected chi connectivity index (χ4v) is 2.91. The van der Waals surface area contributed by atoms with E-state index in [2.05, 4.69) is 30.2 Å². The number of anilines is 1. The number of fused-ring (bicyclic) bond motifs is 1. The molecule has 150 valence electrons. The number of pyridine rings is 2. The predicted octanol–water partition coefficient (Wildman–Crippen LogP) is 4.57. The SMILES string of the molecule is N#Cc1cnc(NCc2ccc(Cl)nc2)nc1-c1c[nH]c2ncc(C(F)(F)F)cc12. The highest BCUT2D eigenvalue weighted by Gasteiger charge is 2.31. The van der Waals surface area contributed by atoms with E-state index in [1.54, 1.807) is 18.3 Å². The Labute approximate surface area is 172 Å². The summed E-state index contributed by atoms with van der Waals surface area (Å²) in [5.41, 5.74) is 0.807. The highest BCUT2D eigenvalue weighted by molar-refractivity contribution is 6.29. The predicted molar refractivity (Wildman–Crippen MR) is 103 cm³/mol. The maximum atomic E-state index is 13.1. The molecule has 0 saturated carbocycles. The van der Waals surface area contributed by atoms with Gasteiger partial charge in [0.15, 0.2) is 0 Å². The summed E-state index contributed by atoms with van der Waals surface area (Å²) < 4.78 is 39.3. The Morgan fingerprint density at radius 1 is 1.13 bits per heavy atom. The van der Waals surface area contributed by atoms with Gasteiger partial charge in [0.2, 0.25) is 5.95 Å². The third kappa shape index (κ3) is 3.88. The lowest BCUT2D eigenvalue weighted by Gasteiger charge is -2.09. The Bertz CT molecular complexity index is 1260. The lowest BCUT2D eigenvalue weighted by Crippen LogP contribution is -2.06. The van der Waals surface area contributed by atoms with Crippen LogP contribution in [0.2, 0.25) is 5.15 Å². The van der Waals surface area contributed by atoms with E-state index in [1.165, 1.54) is 12.4 Å². The van der Waals surface area contributed by atoms with Gasteiger partial charge in [-0.2, -0.15) is 18.4 Å². The van der Waals surface area contributed by atoms with Gasteiger partial charge in [-0.3, -0.25) is 0 Å². The molecule has 0 saturated heterocycles. The minimum atomic E-state index is -4.54. The quantitative estimate of drug-likeness (QED) is 0.460. The number of hydrogen-bond donors (Lipinski definition) is 2. The number of aromatic amines is 1. The fraction of sp³-hybridized carbons (Fsp3) is 0.105. The summed E-state index contributed by atoms with van der Waals surface area (Å²) in [6.07, 6.45) is 0.572. The maximum absolute atomic E-state index is 13.1. The Morgan fingerprint density at radius 2 is 1.97 bits per heavy atom. The number of H-pyrrole nitrogens is 1. The van der Waals surface area contributed by atoms with E-state index < -0.39 is 11.7 Å². The van der Waals surface area contributed by atoms with Crippen molar-refractivity contribution in [3.05, 3.63) is 64.8 Å². The van der Waals surface area contributed by atoms with E-state index >= 15 is 0 Å². The summed E-state index contributed by atoms with van der Waals surface area (Å²) in [5, 5.41) is 13.0. The first kappa shape index (κ1) is 19.6. The number of nitriles is 1. The van der Waals surface area contributed by atoms with Crippen LogP contribution < -0.4 is 5.32 Å². The number of halogens is 4. The first-order chi connectivity index (χ1) is 14.3. The van der Waals surface area contributed by atoms with Crippen LogP contribution >= 0.6 is 11.6 Å². The van der Waals surface area contributed by atoms with Gasteiger partial charge in [-0.1, -0.05) is 17.7 Å². The normalized spacial score (nSPS) is 11.4. The molecule has 0 radical (unpaired) electrons. The Balaban J connectivity index is 1.72. The van der Waals surface area contributed by atoms with Crippen LogP contribution in [0.25, 0.3) is 22.3 Å². The van der Waals surface area contributed by atoms with Crippen molar-refractivity contribution >= 4 is 28.6 Å². The largest absolute Gasteiger partial charge is 0.417 e. The Hall–Kier alpha value is -3.71. The van der Waals surface area contributed by atoms with E-state index in [1.807, 2.05) is 6.07 Å². The molecule has 0 aromatic carbocycles. The van der Waals surface area contributed by atoms with Crippen molar-refractivity contribution in [2.75, 3.05) is 5.32 Å². The van der Waals surface area contributed by atoms with E-state index in [9.17, 15) is 18.4 Å². The van der Waals surface area contributed by atoms with Gasteiger partial charge in [0.1, 0.15) is 16.9 Å². The van der Waals surface area contributed by atoms with Crippen LogP contribution in [-0.2, 0) is 12.7 Å². The van der Waals surface area contributed by atoms with Crippen LogP contribution in [0, 0.1) is 11.3 Å². The number of aromatic nitrogens is 5. The van der Waals surface area contributed by atoms with Gasteiger partial charge in [0.25, 0.3) is 0 Å². The van der Waals surface area contributed by atoms with Gasteiger partial charge in [0, 0.05) is 36.1 Å². The standard InChI is InChI=1S/C19H11ClF3N7/c20-15-2-1-10(5-25-15)6-28-18-29-7-11(4-24)16(30-18)14-9-27-17-13(14)3-12(8-26-17)19(21,22)23/h1-3,5,7-9H,6H2,(H,26,27)(H,28,29,30). The minimum Gasteiger partial charge on any atom is -0.350 e. The molecule has 7 nitrogen and oxygen atoms in total. The number of nitrogens with one attached hydrogen (secondary N) is 2. The van der Waals surface area contributed by atoms with E-state index in [0.717, 1.165) is 17.8 Å². The lowest BCUT2D eigenvalue weighted by atomic mass is 10.1. The molecule has 4 aromatic rings. The first-order valence-corrected chi connectivity index (χ1v) is 8.89. The summed E-state index contributed by atoms with van der Waals surface area (Å²) >= 11 is 5.76. The highest BCUT2D eigenvalue weighted by Crippen LogP contribution is 2.34. The van der Waals surface area contributed by atoms with E-state index in [4.69, 9.17) is 11.6 Å². The van der Waals surface area contributed by atoms with Crippen molar-refractivity contribution in [3.63, 3.8) is 0 Å².